The molecule has 2 N–H and O–H groups in total. The lowest BCUT2D eigenvalue weighted by atomic mass is 10.2. The van der Waals surface area contributed by atoms with Crippen molar-refractivity contribution in [2.24, 2.45) is 0 Å². The van der Waals surface area contributed by atoms with Crippen molar-refractivity contribution in [1.29, 1.82) is 0 Å². The molecule has 104 valence electrons. The molecule has 0 atom stereocenters. The lowest BCUT2D eigenvalue weighted by molar-refractivity contribution is -0.384. The normalized spacial score (nSPS) is 10.2. The summed E-state index contributed by atoms with van der Waals surface area (Å²) in [6.07, 6.45) is 0.984. The molecule has 2 rings (SSSR count). The van der Waals surface area contributed by atoms with Crippen LogP contribution in [0.1, 0.15) is 10.5 Å². The van der Waals surface area contributed by atoms with Gasteiger partial charge in [-0.1, -0.05) is 0 Å². The highest BCUT2D eigenvalue weighted by Crippen LogP contribution is 2.29. The van der Waals surface area contributed by atoms with Crippen LogP contribution < -0.4 is 4.74 Å². The zero-order valence-corrected chi connectivity index (χ0v) is 10.2. The highest BCUT2D eigenvalue weighted by molar-refractivity contribution is 5.88. The molecule has 0 saturated heterocycles. The fraction of sp³-hybridized carbons (Fsp3) is 0.0909. The fourth-order valence-electron chi connectivity index (χ4n) is 1.61. The van der Waals surface area contributed by atoms with Gasteiger partial charge in [0.25, 0.3) is 5.69 Å². The molecule has 0 aliphatic carbocycles. The Kier molecular flexibility index (Phi) is 3.25. The largest absolute Gasteiger partial charge is 0.504 e. The monoisotopic (exact) mass is 279 g/mol. The van der Waals surface area contributed by atoms with Gasteiger partial charge in [0, 0.05) is 0 Å². The molecule has 0 aliphatic heterocycles. The second-order valence-electron chi connectivity index (χ2n) is 3.72. The van der Waals surface area contributed by atoms with Crippen LogP contribution in [0.5, 0.6) is 11.5 Å². The Bertz CT molecular complexity index is 693. The minimum absolute atomic E-state index is 0.0126. The second-order valence-corrected chi connectivity index (χ2v) is 3.72. The van der Waals surface area contributed by atoms with E-state index in [1.54, 1.807) is 0 Å². The number of carboxylic acid groups (broad SMARTS) is 1. The van der Waals surface area contributed by atoms with E-state index in [9.17, 15) is 20.0 Å². The molecule has 1 aromatic heterocycles. The molecule has 0 radical (unpaired) electrons. The first-order valence-electron chi connectivity index (χ1n) is 5.28. The number of aromatic nitrogens is 2. The molecule has 0 fully saturated rings. The maximum atomic E-state index is 11.0. The van der Waals surface area contributed by atoms with Gasteiger partial charge in [-0.25, -0.2) is 9.48 Å². The van der Waals surface area contributed by atoms with Gasteiger partial charge in [0.05, 0.1) is 24.3 Å². The van der Waals surface area contributed by atoms with Crippen molar-refractivity contribution in [3.05, 3.63) is 40.2 Å². The summed E-state index contributed by atoms with van der Waals surface area (Å²) in [4.78, 5) is 21.2. The summed E-state index contributed by atoms with van der Waals surface area (Å²) in [5.74, 6) is -1.74. The van der Waals surface area contributed by atoms with E-state index in [2.05, 4.69) is 5.10 Å². The molecule has 0 bridgehead atoms. The van der Waals surface area contributed by atoms with Gasteiger partial charge < -0.3 is 14.9 Å². The Hall–Kier alpha value is -3.10. The molecule has 9 heteroatoms. The van der Waals surface area contributed by atoms with E-state index in [1.165, 1.54) is 25.3 Å². The number of methoxy groups -OCH3 is 1. The fourth-order valence-corrected chi connectivity index (χ4v) is 1.61. The van der Waals surface area contributed by atoms with Crippen molar-refractivity contribution < 1.29 is 24.7 Å². The van der Waals surface area contributed by atoms with E-state index < -0.39 is 22.3 Å². The number of benzene rings is 1. The van der Waals surface area contributed by atoms with E-state index in [-0.39, 0.29) is 17.1 Å². The SMILES string of the molecule is COc1ccc(-n2cc(O)c(C(=O)O)n2)c([N+](=O)[O-])c1. The molecular weight excluding hydrogens is 270 g/mol. The van der Waals surface area contributed by atoms with Crippen molar-refractivity contribution in [2.75, 3.05) is 7.11 Å². The van der Waals surface area contributed by atoms with Crippen LogP contribution in [-0.4, -0.2) is 38.0 Å². The zero-order valence-electron chi connectivity index (χ0n) is 10.2. The standard InChI is InChI=1S/C11H9N3O6/c1-20-6-2-3-7(8(4-6)14(18)19)13-5-9(15)10(12-13)11(16)17/h2-5,15H,1H3,(H,16,17). The number of hydrogen-bond acceptors (Lipinski definition) is 6. The van der Waals surface area contributed by atoms with E-state index in [0.717, 1.165) is 10.9 Å². The summed E-state index contributed by atoms with van der Waals surface area (Å²) in [7, 11) is 1.36. The van der Waals surface area contributed by atoms with Gasteiger partial charge in [-0.3, -0.25) is 10.1 Å². The van der Waals surface area contributed by atoms with E-state index in [4.69, 9.17) is 9.84 Å². The van der Waals surface area contributed by atoms with Crippen LogP contribution in [0.25, 0.3) is 5.69 Å². The number of aromatic carboxylic acids is 1. The number of carboxylic acids is 1. The molecule has 20 heavy (non-hydrogen) atoms. The Balaban J connectivity index is 2.60. The summed E-state index contributed by atoms with van der Waals surface area (Å²) in [5, 5.41) is 32.9. The maximum Gasteiger partial charge on any atom is 0.360 e. The van der Waals surface area contributed by atoms with E-state index in [0.29, 0.717) is 0 Å². The van der Waals surface area contributed by atoms with Gasteiger partial charge in [-0.2, -0.15) is 5.10 Å². The molecule has 0 unspecified atom stereocenters. The number of carbonyl (C=O) groups is 1. The van der Waals surface area contributed by atoms with Gasteiger partial charge >= 0.3 is 5.97 Å². The van der Waals surface area contributed by atoms with Gasteiger partial charge in [0.1, 0.15) is 11.4 Å². The first-order chi connectivity index (χ1) is 9.43. The Morgan fingerprint density at radius 2 is 2.20 bits per heavy atom. The average Bonchev–Trinajstić information content (AvgIpc) is 2.80. The molecule has 0 spiro atoms. The highest BCUT2D eigenvalue weighted by atomic mass is 16.6. The molecule has 0 amide bonds. The summed E-state index contributed by atoms with van der Waals surface area (Å²) in [6, 6.07) is 3.98. The van der Waals surface area contributed by atoms with Crippen LogP contribution in [0.2, 0.25) is 0 Å². The first kappa shape index (κ1) is 13.3. The number of aromatic hydroxyl groups is 1. The van der Waals surface area contributed by atoms with Crippen LogP contribution in [0.4, 0.5) is 5.69 Å². The van der Waals surface area contributed by atoms with Crippen LogP contribution in [-0.2, 0) is 0 Å². The van der Waals surface area contributed by atoms with E-state index in [1.807, 2.05) is 0 Å². The Morgan fingerprint density at radius 1 is 1.50 bits per heavy atom. The predicted octanol–water partition coefficient (Wildman–Crippen LogP) is 1.19. The first-order valence-corrected chi connectivity index (χ1v) is 5.28. The maximum absolute atomic E-state index is 11.0. The molecular formula is C11H9N3O6. The van der Waals surface area contributed by atoms with Crippen molar-refractivity contribution in [1.82, 2.24) is 9.78 Å². The third-order valence-electron chi connectivity index (χ3n) is 2.52. The van der Waals surface area contributed by atoms with Crippen LogP contribution in [0.15, 0.2) is 24.4 Å². The molecule has 1 heterocycles. The number of rotatable bonds is 4. The minimum Gasteiger partial charge on any atom is -0.504 e. The van der Waals surface area contributed by atoms with Gasteiger partial charge in [0.15, 0.2) is 5.75 Å². The average molecular weight is 279 g/mol. The topological polar surface area (TPSA) is 128 Å². The number of nitro groups is 1. The molecule has 0 aliphatic rings. The number of ether oxygens (including phenoxy) is 1. The number of hydrogen-bond donors (Lipinski definition) is 2. The zero-order chi connectivity index (χ0) is 14.9. The lowest BCUT2D eigenvalue weighted by Gasteiger charge is -2.04. The smallest absolute Gasteiger partial charge is 0.360 e. The lowest BCUT2D eigenvalue weighted by Crippen LogP contribution is -2.04. The quantitative estimate of drug-likeness (QED) is 0.635. The summed E-state index contributed by atoms with van der Waals surface area (Å²) >= 11 is 0. The van der Waals surface area contributed by atoms with Crippen LogP contribution in [0, 0.1) is 10.1 Å². The molecule has 2 aromatic rings. The van der Waals surface area contributed by atoms with Crippen molar-refractivity contribution in [2.45, 2.75) is 0 Å². The third-order valence-corrected chi connectivity index (χ3v) is 2.52. The minimum atomic E-state index is -1.43. The summed E-state index contributed by atoms with van der Waals surface area (Å²) in [5.41, 5.74) is -0.905. The summed E-state index contributed by atoms with van der Waals surface area (Å²) in [6.45, 7) is 0. The summed E-state index contributed by atoms with van der Waals surface area (Å²) < 4.78 is 5.81. The van der Waals surface area contributed by atoms with Gasteiger partial charge in [-0.15, -0.1) is 0 Å². The van der Waals surface area contributed by atoms with E-state index >= 15 is 0 Å². The highest BCUT2D eigenvalue weighted by Gasteiger charge is 2.21. The molecule has 0 saturated carbocycles. The number of nitrogens with zero attached hydrogens (tertiary/aromatic N) is 3. The van der Waals surface area contributed by atoms with Gasteiger partial charge in [0.2, 0.25) is 5.69 Å². The van der Waals surface area contributed by atoms with Gasteiger partial charge in [-0.05, 0) is 12.1 Å². The Labute approximate surface area is 111 Å². The molecule has 1 aromatic carbocycles. The number of nitro benzene ring substituents is 1. The predicted molar refractivity (Wildman–Crippen MR) is 65.4 cm³/mol. The van der Waals surface area contributed by atoms with Crippen LogP contribution >= 0.6 is 0 Å². The third kappa shape index (κ3) is 2.23. The van der Waals surface area contributed by atoms with Crippen molar-refractivity contribution in [3.63, 3.8) is 0 Å². The molecule has 9 nitrogen and oxygen atoms in total. The van der Waals surface area contributed by atoms with Crippen LogP contribution in [0.3, 0.4) is 0 Å². The van der Waals surface area contributed by atoms with Crippen molar-refractivity contribution >= 4 is 11.7 Å². The second kappa shape index (κ2) is 4.88. The van der Waals surface area contributed by atoms with Crippen molar-refractivity contribution in [3.8, 4) is 17.2 Å². The Morgan fingerprint density at radius 3 is 2.70 bits per heavy atom.